The van der Waals surface area contributed by atoms with Gasteiger partial charge in [-0.05, 0) is 43.2 Å². The van der Waals surface area contributed by atoms with Crippen molar-refractivity contribution in [3.05, 3.63) is 98.4 Å². The standard InChI is InChI=1S/C25H24N2O7/c1-15-21(24(29)33-3)23(18-9-5-10-19(14-18)27(31)32)22(16(2)26-15)25(30)34-12-6-8-17-7-4-11-20(28)13-17/h4-11,13-14,23,26,28H,12H2,1-3H3. The first-order valence-electron chi connectivity index (χ1n) is 10.4. The lowest BCUT2D eigenvalue weighted by molar-refractivity contribution is -0.384. The van der Waals surface area contributed by atoms with Crippen LogP contribution in [0.15, 0.2) is 77.1 Å². The van der Waals surface area contributed by atoms with Crippen LogP contribution in [0.4, 0.5) is 5.69 Å². The summed E-state index contributed by atoms with van der Waals surface area (Å²) in [7, 11) is 1.22. The second-order valence-corrected chi connectivity index (χ2v) is 7.57. The van der Waals surface area contributed by atoms with E-state index in [2.05, 4.69) is 5.32 Å². The lowest BCUT2D eigenvalue weighted by atomic mass is 9.80. The Balaban J connectivity index is 1.93. The molecule has 0 saturated heterocycles. The van der Waals surface area contributed by atoms with Crippen LogP contribution in [0.3, 0.4) is 0 Å². The topological polar surface area (TPSA) is 128 Å². The van der Waals surface area contributed by atoms with Crippen LogP contribution in [-0.2, 0) is 19.1 Å². The van der Waals surface area contributed by atoms with E-state index in [1.54, 1.807) is 56.3 Å². The molecule has 1 aliphatic rings. The molecule has 3 rings (SSSR count). The molecule has 2 aromatic rings. The number of nitrogens with zero attached hydrogens (tertiary/aromatic N) is 1. The maximum atomic E-state index is 13.1. The van der Waals surface area contributed by atoms with Crippen LogP contribution in [0, 0.1) is 10.1 Å². The van der Waals surface area contributed by atoms with Crippen molar-refractivity contribution in [3.8, 4) is 5.75 Å². The molecule has 1 atom stereocenters. The maximum Gasteiger partial charge on any atom is 0.337 e. The Kier molecular flexibility index (Phi) is 7.47. The average molecular weight is 464 g/mol. The van der Waals surface area contributed by atoms with E-state index >= 15 is 0 Å². The number of esters is 2. The highest BCUT2D eigenvalue weighted by Crippen LogP contribution is 2.40. The molecule has 2 N–H and O–H groups in total. The summed E-state index contributed by atoms with van der Waals surface area (Å²) in [5, 5.41) is 23.9. The van der Waals surface area contributed by atoms with Gasteiger partial charge in [0.05, 0.1) is 29.1 Å². The Bertz CT molecular complexity index is 1230. The van der Waals surface area contributed by atoms with Crippen LogP contribution < -0.4 is 5.32 Å². The number of phenols is 1. The Hall–Kier alpha value is -4.40. The third-order valence-electron chi connectivity index (χ3n) is 5.29. The van der Waals surface area contributed by atoms with E-state index < -0.39 is 22.8 Å². The number of hydrogen-bond donors (Lipinski definition) is 2. The molecular weight excluding hydrogens is 440 g/mol. The minimum Gasteiger partial charge on any atom is -0.508 e. The van der Waals surface area contributed by atoms with Gasteiger partial charge in [0.1, 0.15) is 12.4 Å². The van der Waals surface area contributed by atoms with Crippen molar-refractivity contribution >= 4 is 23.7 Å². The van der Waals surface area contributed by atoms with Gasteiger partial charge in [-0.3, -0.25) is 10.1 Å². The largest absolute Gasteiger partial charge is 0.508 e. The zero-order valence-corrected chi connectivity index (χ0v) is 18.9. The number of non-ortho nitro benzene ring substituents is 1. The molecule has 0 fully saturated rings. The number of dihydropyridines is 1. The van der Waals surface area contributed by atoms with E-state index in [4.69, 9.17) is 9.47 Å². The molecule has 0 aliphatic carbocycles. The van der Waals surface area contributed by atoms with Crippen LogP contribution in [0.5, 0.6) is 5.75 Å². The molecule has 1 heterocycles. The first-order chi connectivity index (χ1) is 16.2. The van der Waals surface area contributed by atoms with Gasteiger partial charge in [-0.1, -0.05) is 30.3 Å². The van der Waals surface area contributed by atoms with E-state index in [9.17, 15) is 24.8 Å². The summed E-state index contributed by atoms with van der Waals surface area (Å²) in [6.07, 6.45) is 3.30. The van der Waals surface area contributed by atoms with E-state index in [0.717, 1.165) is 5.56 Å². The summed E-state index contributed by atoms with van der Waals surface area (Å²) in [5.74, 6) is -2.15. The summed E-state index contributed by atoms with van der Waals surface area (Å²) in [4.78, 5) is 36.6. The Morgan fingerprint density at radius 1 is 1.09 bits per heavy atom. The van der Waals surface area contributed by atoms with Crippen LogP contribution in [0.1, 0.15) is 30.9 Å². The number of hydrogen-bond acceptors (Lipinski definition) is 8. The van der Waals surface area contributed by atoms with Gasteiger partial charge >= 0.3 is 11.9 Å². The summed E-state index contributed by atoms with van der Waals surface area (Å²) >= 11 is 0. The van der Waals surface area contributed by atoms with E-state index in [1.807, 2.05) is 0 Å². The van der Waals surface area contributed by atoms with Gasteiger partial charge in [-0.2, -0.15) is 0 Å². The summed E-state index contributed by atoms with van der Waals surface area (Å²) < 4.78 is 10.4. The lowest BCUT2D eigenvalue weighted by Gasteiger charge is -2.30. The number of nitrogens with one attached hydrogen (secondary N) is 1. The molecule has 9 nitrogen and oxygen atoms in total. The van der Waals surface area contributed by atoms with Gasteiger partial charge in [0.25, 0.3) is 5.69 Å². The van der Waals surface area contributed by atoms with E-state index in [-0.39, 0.29) is 29.2 Å². The van der Waals surface area contributed by atoms with Crippen molar-refractivity contribution in [1.82, 2.24) is 5.32 Å². The van der Waals surface area contributed by atoms with Gasteiger partial charge < -0.3 is 19.9 Å². The number of nitro groups is 1. The quantitative estimate of drug-likeness (QED) is 0.358. The third kappa shape index (κ3) is 5.32. The third-order valence-corrected chi connectivity index (χ3v) is 5.29. The number of phenolic OH excluding ortho intramolecular Hbond substituents is 1. The SMILES string of the molecule is COC(=O)C1=C(C)NC(C)=C(C(=O)OCC=Cc2cccc(O)c2)C1c1cccc([N+](=O)[O-])c1. The molecule has 0 bridgehead atoms. The fraction of sp³-hybridized carbons (Fsp3) is 0.200. The zero-order valence-electron chi connectivity index (χ0n) is 18.9. The molecule has 0 amide bonds. The molecule has 0 saturated carbocycles. The molecule has 0 radical (unpaired) electrons. The highest BCUT2D eigenvalue weighted by Gasteiger charge is 2.38. The number of methoxy groups -OCH3 is 1. The highest BCUT2D eigenvalue weighted by atomic mass is 16.6. The molecule has 176 valence electrons. The Morgan fingerprint density at radius 3 is 2.41 bits per heavy atom. The fourth-order valence-corrected chi connectivity index (χ4v) is 3.81. The fourth-order valence-electron chi connectivity index (χ4n) is 3.81. The molecule has 34 heavy (non-hydrogen) atoms. The first-order valence-corrected chi connectivity index (χ1v) is 10.4. The molecule has 1 aliphatic heterocycles. The van der Waals surface area contributed by atoms with E-state index in [0.29, 0.717) is 17.0 Å². The summed E-state index contributed by atoms with van der Waals surface area (Å²) in [6.45, 7) is 3.27. The Labute approximate surface area is 196 Å². The van der Waals surface area contributed by atoms with Gasteiger partial charge in [0.2, 0.25) is 0 Å². The van der Waals surface area contributed by atoms with Crippen LogP contribution in [0.2, 0.25) is 0 Å². The molecule has 0 spiro atoms. The molecule has 0 aromatic heterocycles. The summed E-state index contributed by atoms with van der Waals surface area (Å²) in [5.41, 5.74) is 2.19. The van der Waals surface area contributed by atoms with E-state index in [1.165, 1.54) is 25.3 Å². The first kappa shape index (κ1) is 24.2. The Morgan fingerprint density at radius 2 is 1.76 bits per heavy atom. The van der Waals surface area contributed by atoms with Crippen molar-refractivity contribution in [2.75, 3.05) is 13.7 Å². The second kappa shape index (κ2) is 10.5. The number of allylic oxidation sites excluding steroid dienone is 2. The molecule has 2 aromatic carbocycles. The van der Waals surface area contributed by atoms with Crippen LogP contribution >= 0.6 is 0 Å². The second-order valence-electron chi connectivity index (χ2n) is 7.57. The van der Waals surface area contributed by atoms with Crippen LogP contribution in [-0.4, -0.2) is 35.7 Å². The zero-order chi connectivity index (χ0) is 24.8. The average Bonchev–Trinajstić information content (AvgIpc) is 2.81. The minimum atomic E-state index is -0.920. The molecule has 1 unspecified atom stereocenters. The van der Waals surface area contributed by atoms with Crippen molar-refractivity contribution in [3.63, 3.8) is 0 Å². The number of benzene rings is 2. The van der Waals surface area contributed by atoms with Gasteiger partial charge in [0, 0.05) is 23.5 Å². The number of aromatic hydroxyl groups is 1. The van der Waals surface area contributed by atoms with Crippen molar-refractivity contribution in [2.24, 2.45) is 0 Å². The van der Waals surface area contributed by atoms with Crippen LogP contribution in [0.25, 0.3) is 6.08 Å². The highest BCUT2D eigenvalue weighted by molar-refractivity contribution is 6.00. The molecule has 9 heteroatoms. The smallest absolute Gasteiger partial charge is 0.337 e. The predicted molar refractivity (Wildman–Crippen MR) is 124 cm³/mol. The number of carbonyl (C=O) groups is 2. The predicted octanol–water partition coefficient (Wildman–Crippen LogP) is 3.96. The monoisotopic (exact) mass is 464 g/mol. The molecular formula is C25H24N2O7. The van der Waals surface area contributed by atoms with Crippen molar-refractivity contribution in [2.45, 2.75) is 19.8 Å². The minimum absolute atomic E-state index is 0.0663. The van der Waals surface area contributed by atoms with Crippen molar-refractivity contribution in [1.29, 1.82) is 0 Å². The van der Waals surface area contributed by atoms with Crippen molar-refractivity contribution < 1.29 is 29.1 Å². The van der Waals surface area contributed by atoms with Gasteiger partial charge in [0.15, 0.2) is 0 Å². The van der Waals surface area contributed by atoms with Gasteiger partial charge in [-0.15, -0.1) is 0 Å². The number of nitro benzene ring substituents is 1. The van der Waals surface area contributed by atoms with Gasteiger partial charge in [-0.25, -0.2) is 9.59 Å². The summed E-state index contributed by atoms with van der Waals surface area (Å²) in [6, 6.07) is 12.3. The lowest BCUT2D eigenvalue weighted by Crippen LogP contribution is -2.32. The number of rotatable bonds is 7. The normalized spacial score (nSPS) is 15.8. The number of ether oxygens (including phenoxy) is 2. The number of carbonyl (C=O) groups excluding carboxylic acids is 2. The maximum absolute atomic E-state index is 13.1.